The molecule has 2 rings (SSSR count). The number of primary amides is 1. The minimum atomic E-state index is -4.77. The van der Waals surface area contributed by atoms with Crippen molar-refractivity contribution in [1.29, 1.82) is 0 Å². The SMILES string of the molecule is Cc1nnc([C@@H](N)C(CC(N)=O)c2cc(Cl)cc(S(=O)(=O)O)c2O)o1. The van der Waals surface area contributed by atoms with E-state index in [0.29, 0.717) is 0 Å². The molecule has 2 atom stereocenters. The van der Waals surface area contributed by atoms with Crippen molar-refractivity contribution in [3.63, 3.8) is 0 Å². The summed E-state index contributed by atoms with van der Waals surface area (Å²) in [4.78, 5) is 10.6. The fourth-order valence-corrected chi connectivity index (χ4v) is 3.27. The van der Waals surface area contributed by atoms with Gasteiger partial charge in [0.2, 0.25) is 17.7 Å². The van der Waals surface area contributed by atoms with Gasteiger partial charge in [0.1, 0.15) is 10.6 Å². The van der Waals surface area contributed by atoms with Gasteiger partial charge in [-0.25, -0.2) is 0 Å². The molecule has 6 N–H and O–H groups in total. The third kappa shape index (κ3) is 4.25. The average molecular weight is 391 g/mol. The van der Waals surface area contributed by atoms with E-state index in [2.05, 4.69) is 10.2 Å². The van der Waals surface area contributed by atoms with Crippen molar-refractivity contribution in [3.8, 4) is 5.75 Å². The van der Waals surface area contributed by atoms with Gasteiger partial charge >= 0.3 is 0 Å². The lowest BCUT2D eigenvalue weighted by Crippen LogP contribution is -2.26. The Morgan fingerprint density at radius 1 is 1.40 bits per heavy atom. The number of rotatable bonds is 6. The highest BCUT2D eigenvalue weighted by molar-refractivity contribution is 7.86. The third-order valence-corrected chi connectivity index (χ3v) is 4.51. The maximum atomic E-state index is 11.4. The highest BCUT2D eigenvalue weighted by atomic mass is 35.5. The first-order chi connectivity index (χ1) is 11.5. The number of aryl methyl sites for hydroxylation is 1. The van der Waals surface area contributed by atoms with Crippen LogP contribution in [0, 0.1) is 6.92 Å². The van der Waals surface area contributed by atoms with Crippen LogP contribution in [0.5, 0.6) is 5.75 Å². The molecule has 136 valence electrons. The lowest BCUT2D eigenvalue weighted by atomic mass is 9.88. The molecule has 0 bridgehead atoms. The molecule has 0 radical (unpaired) electrons. The van der Waals surface area contributed by atoms with Crippen molar-refractivity contribution in [2.24, 2.45) is 11.5 Å². The zero-order chi connectivity index (χ0) is 18.9. The first kappa shape index (κ1) is 19.1. The monoisotopic (exact) mass is 390 g/mol. The lowest BCUT2D eigenvalue weighted by molar-refractivity contribution is -0.118. The molecule has 0 aliphatic heterocycles. The Hall–Kier alpha value is -2.21. The molecular weight excluding hydrogens is 376 g/mol. The molecule has 1 heterocycles. The number of carbonyl (C=O) groups excluding carboxylic acids is 1. The smallest absolute Gasteiger partial charge is 0.298 e. The number of nitrogens with zero attached hydrogens (tertiary/aromatic N) is 2. The number of carbonyl (C=O) groups is 1. The number of hydrogen-bond donors (Lipinski definition) is 4. The fourth-order valence-electron chi connectivity index (χ4n) is 2.34. The van der Waals surface area contributed by atoms with Crippen LogP contribution >= 0.6 is 11.6 Å². The maximum absolute atomic E-state index is 11.4. The normalized spacial score (nSPS) is 14.2. The van der Waals surface area contributed by atoms with Crippen LogP contribution in [-0.4, -0.2) is 34.2 Å². The van der Waals surface area contributed by atoms with E-state index in [1.807, 2.05) is 0 Å². The molecule has 10 nitrogen and oxygen atoms in total. The van der Waals surface area contributed by atoms with Crippen molar-refractivity contribution in [3.05, 3.63) is 34.5 Å². The number of phenols is 1. The molecule has 0 spiro atoms. The fraction of sp³-hybridized carbons (Fsp3) is 0.308. The van der Waals surface area contributed by atoms with Gasteiger partial charge in [-0.3, -0.25) is 9.35 Å². The summed E-state index contributed by atoms with van der Waals surface area (Å²) in [6.45, 7) is 1.53. The van der Waals surface area contributed by atoms with Gasteiger partial charge in [0.15, 0.2) is 0 Å². The summed E-state index contributed by atoms with van der Waals surface area (Å²) in [5.41, 5.74) is 11.2. The van der Waals surface area contributed by atoms with Crippen LogP contribution in [-0.2, 0) is 14.9 Å². The van der Waals surface area contributed by atoms with Crippen molar-refractivity contribution in [2.45, 2.75) is 30.2 Å². The number of halogens is 1. The predicted molar refractivity (Wildman–Crippen MR) is 85.4 cm³/mol. The summed E-state index contributed by atoms with van der Waals surface area (Å²) in [7, 11) is -4.77. The molecule has 2 aromatic rings. The Balaban J connectivity index is 2.62. The van der Waals surface area contributed by atoms with Gasteiger partial charge in [-0.1, -0.05) is 11.6 Å². The summed E-state index contributed by atoms with van der Waals surface area (Å²) in [5, 5.41) is 17.5. The zero-order valence-corrected chi connectivity index (χ0v) is 14.5. The molecule has 1 aromatic carbocycles. The topological polar surface area (TPSA) is 183 Å². The number of phenolic OH excluding ortho intramolecular Hbond substituents is 1. The first-order valence-corrected chi connectivity index (χ1v) is 8.66. The van der Waals surface area contributed by atoms with E-state index < -0.39 is 38.6 Å². The van der Waals surface area contributed by atoms with Crippen LogP contribution in [0.1, 0.15) is 35.7 Å². The molecule has 0 fully saturated rings. The van der Waals surface area contributed by atoms with E-state index in [1.54, 1.807) is 0 Å². The maximum Gasteiger partial charge on any atom is 0.298 e. The number of benzene rings is 1. The van der Waals surface area contributed by atoms with Gasteiger partial charge in [0.05, 0.1) is 6.04 Å². The highest BCUT2D eigenvalue weighted by Gasteiger charge is 2.32. The van der Waals surface area contributed by atoms with Gasteiger partial charge in [-0.2, -0.15) is 8.42 Å². The highest BCUT2D eigenvalue weighted by Crippen LogP contribution is 2.41. The Bertz CT molecular complexity index is 913. The second-order valence-corrected chi connectivity index (χ2v) is 7.11. The quantitative estimate of drug-likeness (QED) is 0.514. The first-order valence-electron chi connectivity index (χ1n) is 6.84. The molecule has 1 aromatic heterocycles. The van der Waals surface area contributed by atoms with E-state index in [9.17, 15) is 22.9 Å². The number of aromatic nitrogens is 2. The van der Waals surface area contributed by atoms with Crippen molar-refractivity contribution < 1.29 is 27.3 Å². The van der Waals surface area contributed by atoms with Gasteiger partial charge in [-0.05, 0) is 12.1 Å². The van der Waals surface area contributed by atoms with Crippen LogP contribution in [0.4, 0.5) is 0 Å². The molecule has 0 aliphatic carbocycles. The number of hydrogen-bond acceptors (Lipinski definition) is 8. The van der Waals surface area contributed by atoms with Crippen LogP contribution in [0.2, 0.25) is 5.02 Å². The molecular formula is C13H15ClN4O6S. The Morgan fingerprint density at radius 2 is 2.04 bits per heavy atom. The summed E-state index contributed by atoms with van der Waals surface area (Å²) in [6.07, 6.45) is -0.374. The van der Waals surface area contributed by atoms with Crippen LogP contribution in [0.15, 0.2) is 21.4 Å². The van der Waals surface area contributed by atoms with Crippen LogP contribution in [0.3, 0.4) is 0 Å². The van der Waals surface area contributed by atoms with E-state index in [1.165, 1.54) is 13.0 Å². The second-order valence-electron chi connectivity index (χ2n) is 5.28. The van der Waals surface area contributed by atoms with Gasteiger partial charge in [0.25, 0.3) is 10.1 Å². The van der Waals surface area contributed by atoms with Crippen molar-refractivity contribution in [1.82, 2.24) is 10.2 Å². The number of amides is 1. The Labute approximate surface area is 147 Å². The van der Waals surface area contributed by atoms with Crippen molar-refractivity contribution in [2.75, 3.05) is 0 Å². The summed E-state index contributed by atoms with van der Waals surface area (Å²) >= 11 is 5.87. The van der Waals surface area contributed by atoms with Gasteiger partial charge < -0.3 is 21.0 Å². The van der Waals surface area contributed by atoms with Gasteiger partial charge in [0, 0.05) is 29.8 Å². The Kier molecular flexibility index (Phi) is 5.32. The van der Waals surface area contributed by atoms with E-state index in [0.717, 1.165) is 6.07 Å². The minimum Gasteiger partial charge on any atom is -0.506 e. The molecule has 1 unspecified atom stereocenters. The Morgan fingerprint density at radius 3 is 2.52 bits per heavy atom. The number of nitrogens with two attached hydrogens (primary N) is 2. The average Bonchev–Trinajstić information content (AvgIpc) is 2.91. The van der Waals surface area contributed by atoms with Gasteiger partial charge in [-0.15, -0.1) is 10.2 Å². The van der Waals surface area contributed by atoms with Crippen LogP contribution < -0.4 is 11.5 Å². The van der Waals surface area contributed by atoms with Crippen molar-refractivity contribution >= 4 is 27.6 Å². The second kappa shape index (κ2) is 6.96. The summed E-state index contributed by atoms with van der Waals surface area (Å²) in [6, 6.07) is 0.981. The lowest BCUT2D eigenvalue weighted by Gasteiger charge is -2.22. The van der Waals surface area contributed by atoms with E-state index in [4.69, 9.17) is 27.5 Å². The third-order valence-electron chi connectivity index (χ3n) is 3.43. The largest absolute Gasteiger partial charge is 0.506 e. The molecule has 0 saturated carbocycles. The molecule has 0 saturated heterocycles. The van der Waals surface area contributed by atoms with E-state index in [-0.39, 0.29) is 28.8 Å². The standard InChI is InChI=1S/C13H15ClN4O6S/c1-5-17-18-13(24-5)11(16)7(4-10(15)19)8-2-6(14)3-9(12(8)20)25(21,22)23/h2-3,7,11,20H,4,16H2,1H3,(H2,15,19)(H,21,22,23)/t7?,11-/m0/s1. The molecule has 25 heavy (non-hydrogen) atoms. The van der Waals surface area contributed by atoms with E-state index >= 15 is 0 Å². The zero-order valence-electron chi connectivity index (χ0n) is 12.9. The summed E-state index contributed by atoms with van der Waals surface area (Å²) < 4.78 is 37.3. The predicted octanol–water partition coefficient (Wildman–Crippen LogP) is 0.643. The molecule has 1 amide bonds. The number of aromatic hydroxyl groups is 1. The minimum absolute atomic E-state index is 0.0449. The summed E-state index contributed by atoms with van der Waals surface area (Å²) in [5.74, 6) is -2.43. The van der Waals surface area contributed by atoms with Crippen LogP contribution in [0.25, 0.3) is 0 Å². The molecule has 0 aliphatic rings. The molecule has 12 heteroatoms.